The molecule has 1 amide bonds. The van der Waals surface area contributed by atoms with Gasteiger partial charge in [0.2, 0.25) is 10.0 Å². The topological polar surface area (TPSA) is 107 Å². The molecule has 1 aromatic carbocycles. The van der Waals surface area contributed by atoms with Crippen LogP contribution in [0.2, 0.25) is 0 Å². The van der Waals surface area contributed by atoms with Gasteiger partial charge in [-0.3, -0.25) is 9.48 Å². The molecule has 0 atom stereocenters. The summed E-state index contributed by atoms with van der Waals surface area (Å²) >= 11 is 3.18. The highest BCUT2D eigenvalue weighted by molar-refractivity contribution is 9.10. The average molecular weight is 373 g/mol. The Balaban J connectivity index is 2.44. The fourth-order valence-corrected chi connectivity index (χ4v) is 3.31. The minimum absolute atomic E-state index is 0.0896. The lowest BCUT2D eigenvalue weighted by Gasteiger charge is -2.10. The lowest BCUT2D eigenvalue weighted by Crippen LogP contribution is -2.18. The van der Waals surface area contributed by atoms with Crippen molar-refractivity contribution < 1.29 is 13.2 Å². The number of halogens is 1. The summed E-state index contributed by atoms with van der Waals surface area (Å²) in [5.41, 5.74) is 1.03. The summed E-state index contributed by atoms with van der Waals surface area (Å²) < 4.78 is 25.1. The number of rotatable bonds is 3. The lowest BCUT2D eigenvalue weighted by molar-refractivity contribution is 0.102. The quantitative estimate of drug-likeness (QED) is 0.848. The fraction of sp³-hybridized carbons (Fsp3) is 0.167. The molecule has 3 N–H and O–H groups in total. The van der Waals surface area contributed by atoms with Crippen molar-refractivity contribution in [1.82, 2.24) is 9.78 Å². The smallest absolute Gasteiger partial charge is 0.256 e. The van der Waals surface area contributed by atoms with Crippen molar-refractivity contribution in [3.8, 4) is 0 Å². The molecule has 1 aromatic heterocycles. The third-order valence-electron chi connectivity index (χ3n) is 2.84. The number of aryl methyl sites for hydroxylation is 1. The van der Waals surface area contributed by atoms with Crippen LogP contribution in [-0.2, 0) is 17.1 Å². The normalized spacial score (nSPS) is 11.4. The SMILES string of the molecule is Cc1c(C(=O)Nc2cnn(C)c2)cc(Br)cc1S(N)(=O)=O. The van der Waals surface area contributed by atoms with E-state index in [0.717, 1.165) is 0 Å². The predicted molar refractivity (Wildman–Crippen MR) is 81.4 cm³/mol. The molecule has 0 spiro atoms. The third kappa shape index (κ3) is 3.49. The summed E-state index contributed by atoms with van der Waals surface area (Å²) in [6, 6.07) is 2.90. The second-order valence-electron chi connectivity index (χ2n) is 4.48. The van der Waals surface area contributed by atoms with E-state index in [2.05, 4.69) is 26.3 Å². The van der Waals surface area contributed by atoms with E-state index in [4.69, 9.17) is 5.14 Å². The molecular formula is C12H13BrN4O3S. The first-order valence-corrected chi connectivity index (χ1v) is 8.15. The maximum atomic E-state index is 12.3. The number of carbonyl (C=O) groups excluding carboxylic acids is 1. The molecule has 1 heterocycles. The summed E-state index contributed by atoms with van der Waals surface area (Å²) in [5, 5.41) is 11.7. The number of primary sulfonamides is 1. The van der Waals surface area contributed by atoms with Crippen molar-refractivity contribution in [3.05, 3.63) is 40.1 Å². The number of carbonyl (C=O) groups is 1. The highest BCUT2D eigenvalue weighted by atomic mass is 79.9. The molecule has 112 valence electrons. The summed E-state index contributed by atoms with van der Waals surface area (Å²) in [6.45, 7) is 1.53. The maximum absolute atomic E-state index is 12.3. The Morgan fingerprint density at radius 2 is 2.10 bits per heavy atom. The minimum Gasteiger partial charge on any atom is -0.319 e. The molecule has 0 bridgehead atoms. The Kier molecular flexibility index (Phi) is 4.17. The summed E-state index contributed by atoms with van der Waals surface area (Å²) in [4.78, 5) is 12.2. The van der Waals surface area contributed by atoms with Crippen LogP contribution in [0.1, 0.15) is 15.9 Å². The largest absolute Gasteiger partial charge is 0.319 e. The Morgan fingerprint density at radius 3 is 2.62 bits per heavy atom. The lowest BCUT2D eigenvalue weighted by atomic mass is 10.1. The molecule has 0 fully saturated rings. The van der Waals surface area contributed by atoms with Gasteiger partial charge in [-0.2, -0.15) is 5.10 Å². The molecular weight excluding hydrogens is 360 g/mol. The molecule has 2 rings (SSSR count). The zero-order valence-corrected chi connectivity index (χ0v) is 13.7. The molecule has 7 nitrogen and oxygen atoms in total. The Bertz CT molecular complexity index is 814. The van der Waals surface area contributed by atoms with Gasteiger partial charge < -0.3 is 5.32 Å². The molecule has 0 unspecified atom stereocenters. The number of benzene rings is 1. The van der Waals surface area contributed by atoms with Gasteiger partial charge in [0.1, 0.15) is 0 Å². The Hall–Kier alpha value is -1.71. The van der Waals surface area contributed by atoms with Crippen molar-refractivity contribution in [2.24, 2.45) is 12.2 Å². The Labute approximate surface area is 130 Å². The summed E-state index contributed by atoms with van der Waals surface area (Å²) in [6.07, 6.45) is 3.12. The van der Waals surface area contributed by atoms with Crippen LogP contribution in [0.25, 0.3) is 0 Å². The molecule has 0 saturated carbocycles. The number of nitrogens with two attached hydrogens (primary N) is 1. The first kappa shape index (κ1) is 15.7. The highest BCUT2D eigenvalue weighted by Crippen LogP contribution is 2.24. The average Bonchev–Trinajstić information content (AvgIpc) is 2.75. The predicted octanol–water partition coefficient (Wildman–Crippen LogP) is 1.39. The van der Waals surface area contributed by atoms with Gasteiger partial charge in [-0.05, 0) is 24.6 Å². The van der Waals surface area contributed by atoms with Crippen LogP contribution < -0.4 is 10.5 Å². The van der Waals surface area contributed by atoms with Crippen LogP contribution >= 0.6 is 15.9 Å². The van der Waals surface area contributed by atoms with Crippen molar-refractivity contribution in [2.45, 2.75) is 11.8 Å². The zero-order valence-electron chi connectivity index (χ0n) is 11.3. The van der Waals surface area contributed by atoms with Gasteiger partial charge in [0.15, 0.2) is 0 Å². The number of anilines is 1. The third-order valence-corrected chi connectivity index (χ3v) is 4.33. The van der Waals surface area contributed by atoms with Crippen molar-refractivity contribution in [1.29, 1.82) is 0 Å². The molecule has 9 heteroatoms. The second kappa shape index (κ2) is 5.58. The summed E-state index contributed by atoms with van der Waals surface area (Å²) in [5.74, 6) is -0.438. The van der Waals surface area contributed by atoms with Crippen molar-refractivity contribution >= 4 is 37.5 Å². The maximum Gasteiger partial charge on any atom is 0.256 e. The van der Waals surface area contributed by atoms with Gasteiger partial charge in [-0.1, -0.05) is 15.9 Å². The van der Waals surface area contributed by atoms with E-state index in [1.54, 1.807) is 17.9 Å². The standard InChI is InChI=1S/C12H13BrN4O3S/c1-7-10(3-8(13)4-11(7)21(14,19)20)12(18)16-9-5-15-17(2)6-9/h3-6H,1-2H3,(H,16,18)(H2,14,19,20). The Morgan fingerprint density at radius 1 is 1.43 bits per heavy atom. The second-order valence-corrected chi connectivity index (χ2v) is 6.92. The van der Waals surface area contributed by atoms with Crippen LogP contribution in [0.5, 0.6) is 0 Å². The van der Waals surface area contributed by atoms with E-state index in [9.17, 15) is 13.2 Å². The monoisotopic (exact) mass is 372 g/mol. The van der Waals surface area contributed by atoms with Gasteiger partial charge >= 0.3 is 0 Å². The van der Waals surface area contributed by atoms with Crippen LogP contribution in [0, 0.1) is 6.92 Å². The molecule has 21 heavy (non-hydrogen) atoms. The highest BCUT2D eigenvalue weighted by Gasteiger charge is 2.19. The van der Waals surface area contributed by atoms with E-state index in [-0.39, 0.29) is 10.5 Å². The number of amides is 1. The van der Waals surface area contributed by atoms with Crippen LogP contribution in [0.15, 0.2) is 33.9 Å². The fourth-order valence-electron chi connectivity index (χ4n) is 1.87. The van der Waals surface area contributed by atoms with E-state index < -0.39 is 15.9 Å². The molecule has 2 aromatic rings. The number of nitrogens with zero attached hydrogens (tertiary/aromatic N) is 2. The molecule has 0 saturated heterocycles. The van der Waals surface area contributed by atoms with Crippen LogP contribution in [0.4, 0.5) is 5.69 Å². The minimum atomic E-state index is -3.91. The van der Waals surface area contributed by atoms with E-state index >= 15 is 0 Å². The van der Waals surface area contributed by atoms with E-state index in [1.165, 1.54) is 25.3 Å². The van der Waals surface area contributed by atoms with Gasteiger partial charge in [-0.25, -0.2) is 13.6 Å². The first-order valence-electron chi connectivity index (χ1n) is 5.81. The molecule has 0 aliphatic heterocycles. The van der Waals surface area contributed by atoms with Crippen molar-refractivity contribution in [3.63, 3.8) is 0 Å². The zero-order chi connectivity index (χ0) is 15.8. The molecule has 0 aliphatic rings. The van der Waals surface area contributed by atoms with Crippen LogP contribution in [-0.4, -0.2) is 24.1 Å². The number of aromatic nitrogens is 2. The molecule has 0 aliphatic carbocycles. The molecule has 0 radical (unpaired) electrons. The van der Waals surface area contributed by atoms with Crippen molar-refractivity contribution in [2.75, 3.05) is 5.32 Å². The number of hydrogen-bond donors (Lipinski definition) is 2. The van der Waals surface area contributed by atoms with Gasteiger partial charge in [0.25, 0.3) is 5.91 Å². The number of nitrogens with one attached hydrogen (secondary N) is 1. The van der Waals surface area contributed by atoms with E-state index in [1.807, 2.05) is 0 Å². The first-order chi connectivity index (χ1) is 9.68. The number of sulfonamides is 1. The van der Waals surface area contributed by atoms with Gasteiger partial charge in [0, 0.05) is 23.3 Å². The van der Waals surface area contributed by atoms with Gasteiger partial charge in [-0.15, -0.1) is 0 Å². The van der Waals surface area contributed by atoms with E-state index in [0.29, 0.717) is 15.7 Å². The summed E-state index contributed by atoms with van der Waals surface area (Å²) in [7, 11) is -2.19. The van der Waals surface area contributed by atoms with Crippen LogP contribution in [0.3, 0.4) is 0 Å². The van der Waals surface area contributed by atoms with Gasteiger partial charge in [0.05, 0.1) is 16.8 Å². The number of hydrogen-bond acceptors (Lipinski definition) is 4.